The predicted molar refractivity (Wildman–Crippen MR) is 128 cm³/mol. The number of nitrogens with one attached hydrogen (secondary N) is 1. The molecule has 7 nitrogen and oxygen atoms in total. The second-order valence-electron chi connectivity index (χ2n) is 9.74. The number of Topliss-reactive ketones (excluding diaryl/α,β-unsaturated/α-hetero) is 1. The SMILES string of the molecule is CS(=O)CC(O)C1CCC(N2CC(CC(=O)CNc3ncnc4ccc(C(F)(F)F)cc34)C2)CC1. The number of anilines is 1. The van der Waals surface area contributed by atoms with E-state index in [1.54, 1.807) is 6.26 Å². The molecule has 2 fully saturated rings. The quantitative estimate of drug-likeness (QED) is 0.533. The zero-order chi connectivity index (χ0) is 25.2. The van der Waals surface area contributed by atoms with Crippen LogP contribution in [-0.4, -0.2) is 73.8 Å². The number of halogens is 3. The second kappa shape index (κ2) is 10.9. The minimum absolute atomic E-state index is 0.000650. The molecule has 2 aliphatic rings. The van der Waals surface area contributed by atoms with Crippen molar-refractivity contribution in [1.82, 2.24) is 14.9 Å². The van der Waals surface area contributed by atoms with Crippen LogP contribution < -0.4 is 5.32 Å². The number of nitrogens with zero attached hydrogens (tertiary/aromatic N) is 3. The lowest BCUT2D eigenvalue weighted by Crippen LogP contribution is -2.54. The summed E-state index contributed by atoms with van der Waals surface area (Å²) in [6.45, 7) is 1.71. The molecule has 1 aromatic carbocycles. The molecule has 1 aromatic heterocycles. The standard InChI is InChI=1S/C24H31F3N4O3S/c1-35(34)13-22(33)16-2-5-18(6-3-16)31-11-15(12-31)8-19(32)10-28-23-20-9-17(24(25,26)27)4-7-21(20)29-14-30-23/h4,7,9,14-16,18,22,33H,2-3,5-6,8,10-13H2,1H3,(H,28,29,30). The van der Waals surface area contributed by atoms with E-state index >= 15 is 0 Å². The number of aromatic nitrogens is 2. The van der Waals surface area contributed by atoms with Crippen LogP contribution in [0.5, 0.6) is 0 Å². The molecule has 1 saturated carbocycles. The minimum Gasteiger partial charge on any atom is -0.392 e. The number of benzene rings is 1. The molecule has 2 unspecified atom stereocenters. The maximum Gasteiger partial charge on any atom is 0.416 e. The van der Waals surface area contributed by atoms with Gasteiger partial charge in [0.05, 0.1) is 23.7 Å². The molecule has 2 heterocycles. The summed E-state index contributed by atoms with van der Waals surface area (Å²) in [5, 5.41) is 13.3. The first-order chi connectivity index (χ1) is 16.6. The molecule has 1 saturated heterocycles. The summed E-state index contributed by atoms with van der Waals surface area (Å²) < 4.78 is 50.6. The van der Waals surface area contributed by atoms with Crippen LogP contribution in [0.1, 0.15) is 37.7 Å². The van der Waals surface area contributed by atoms with Gasteiger partial charge in [-0.3, -0.25) is 13.9 Å². The molecule has 2 atom stereocenters. The lowest BCUT2D eigenvalue weighted by atomic mass is 9.80. The molecule has 0 bridgehead atoms. The van der Waals surface area contributed by atoms with Gasteiger partial charge < -0.3 is 10.4 Å². The highest BCUT2D eigenvalue weighted by atomic mass is 32.2. The zero-order valence-electron chi connectivity index (χ0n) is 19.6. The smallest absolute Gasteiger partial charge is 0.392 e. The Morgan fingerprint density at radius 2 is 1.94 bits per heavy atom. The first-order valence-electron chi connectivity index (χ1n) is 11.9. The van der Waals surface area contributed by atoms with Gasteiger partial charge in [0.1, 0.15) is 12.1 Å². The van der Waals surface area contributed by atoms with E-state index in [2.05, 4.69) is 20.2 Å². The van der Waals surface area contributed by atoms with Crippen molar-refractivity contribution in [3.8, 4) is 0 Å². The first kappa shape index (κ1) is 26.0. The van der Waals surface area contributed by atoms with Crippen LogP contribution in [0.2, 0.25) is 0 Å². The Hall–Kier alpha value is -2.11. The monoisotopic (exact) mass is 512 g/mol. The van der Waals surface area contributed by atoms with Gasteiger partial charge in [0.2, 0.25) is 0 Å². The molecule has 192 valence electrons. The van der Waals surface area contributed by atoms with Crippen molar-refractivity contribution >= 4 is 33.3 Å². The van der Waals surface area contributed by atoms with Crippen LogP contribution in [0.4, 0.5) is 19.0 Å². The van der Waals surface area contributed by atoms with Crippen molar-refractivity contribution in [1.29, 1.82) is 0 Å². The average Bonchev–Trinajstić information content (AvgIpc) is 2.78. The Labute approximate surface area is 205 Å². The Bertz CT molecular complexity index is 1070. The maximum absolute atomic E-state index is 13.1. The Morgan fingerprint density at radius 3 is 2.60 bits per heavy atom. The van der Waals surface area contributed by atoms with Gasteiger partial charge in [0, 0.05) is 53.7 Å². The van der Waals surface area contributed by atoms with E-state index < -0.39 is 28.6 Å². The fourth-order valence-electron chi connectivity index (χ4n) is 5.22. The van der Waals surface area contributed by atoms with Crippen molar-refractivity contribution < 1.29 is 27.3 Å². The van der Waals surface area contributed by atoms with Gasteiger partial charge in [0.15, 0.2) is 5.78 Å². The fraction of sp³-hybridized carbons (Fsp3) is 0.625. The van der Waals surface area contributed by atoms with Crippen LogP contribution in [0.3, 0.4) is 0 Å². The molecule has 0 amide bonds. The van der Waals surface area contributed by atoms with Crippen molar-refractivity contribution in [2.75, 3.05) is 37.0 Å². The van der Waals surface area contributed by atoms with Crippen LogP contribution >= 0.6 is 0 Å². The molecule has 2 N–H and O–H groups in total. The van der Waals surface area contributed by atoms with E-state index in [0.29, 0.717) is 23.7 Å². The molecule has 35 heavy (non-hydrogen) atoms. The minimum atomic E-state index is -4.47. The average molecular weight is 513 g/mol. The Balaban J connectivity index is 1.22. The van der Waals surface area contributed by atoms with E-state index in [0.717, 1.165) is 50.9 Å². The number of carbonyl (C=O) groups is 1. The molecule has 11 heteroatoms. The summed E-state index contributed by atoms with van der Waals surface area (Å²) in [6.07, 6.45) is 2.18. The van der Waals surface area contributed by atoms with Crippen molar-refractivity contribution in [2.45, 2.75) is 50.4 Å². The third-order valence-corrected chi connectivity index (χ3v) is 7.94. The summed E-state index contributed by atoms with van der Waals surface area (Å²) >= 11 is 0. The van der Waals surface area contributed by atoms with Gasteiger partial charge in [-0.1, -0.05) is 0 Å². The molecule has 1 aliphatic carbocycles. The fourth-order valence-corrected chi connectivity index (χ4v) is 5.97. The summed E-state index contributed by atoms with van der Waals surface area (Å²) in [4.78, 5) is 22.9. The number of ketones is 1. The molecular formula is C24H31F3N4O3S. The summed E-state index contributed by atoms with van der Waals surface area (Å²) in [5.74, 6) is 1.04. The van der Waals surface area contributed by atoms with E-state index in [1.807, 2.05) is 0 Å². The van der Waals surface area contributed by atoms with Gasteiger partial charge in [-0.25, -0.2) is 9.97 Å². The van der Waals surface area contributed by atoms with Gasteiger partial charge in [-0.05, 0) is 55.7 Å². The summed E-state index contributed by atoms with van der Waals surface area (Å²) in [7, 11) is -0.992. The topological polar surface area (TPSA) is 95.4 Å². The van der Waals surface area contributed by atoms with Crippen LogP contribution in [0.15, 0.2) is 24.5 Å². The maximum atomic E-state index is 13.1. The molecule has 0 radical (unpaired) electrons. The van der Waals surface area contributed by atoms with Crippen molar-refractivity contribution in [2.24, 2.45) is 11.8 Å². The van der Waals surface area contributed by atoms with E-state index in [4.69, 9.17) is 0 Å². The largest absolute Gasteiger partial charge is 0.416 e. The number of hydrogen-bond donors (Lipinski definition) is 2. The van der Waals surface area contributed by atoms with Crippen molar-refractivity contribution in [3.63, 3.8) is 0 Å². The Morgan fingerprint density at radius 1 is 1.23 bits per heavy atom. The van der Waals surface area contributed by atoms with Gasteiger partial charge in [-0.15, -0.1) is 0 Å². The number of likely N-dealkylation sites (tertiary alicyclic amines) is 1. The van der Waals surface area contributed by atoms with E-state index in [9.17, 15) is 27.3 Å². The van der Waals surface area contributed by atoms with E-state index in [-0.39, 0.29) is 35.4 Å². The number of aliphatic hydroxyl groups is 1. The normalized spacial score (nSPS) is 23.6. The van der Waals surface area contributed by atoms with Gasteiger partial charge in [-0.2, -0.15) is 13.2 Å². The molecular weight excluding hydrogens is 481 g/mol. The van der Waals surface area contributed by atoms with Crippen molar-refractivity contribution in [3.05, 3.63) is 30.1 Å². The number of aliphatic hydroxyl groups excluding tert-OH is 1. The van der Waals surface area contributed by atoms with E-state index in [1.165, 1.54) is 12.4 Å². The summed E-state index contributed by atoms with van der Waals surface area (Å²) in [6, 6.07) is 3.75. The predicted octanol–water partition coefficient (Wildman–Crippen LogP) is 3.25. The number of carbonyl (C=O) groups excluding carboxylic acids is 1. The van der Waals surface area contributed by atoms with Crippen LogP contribution in [0.25, 0.3) is 10.9 Å². The lowest BCUT2D eigenvalue weighted by molar-refractivity contribution is -0.137. The second-order valence-corrected chi connectivity index (χ2v) is 11.2. The van der Waals surface area contributed by atoms with Crippen LogP contribution in [-0.2, 0) is 21.8 Å². The lowest BCUT2D eigenvalue weighted by Gasteiger charge is -2.47. The van der Waals surface area contributed by atoms with Gasteiger partial charge in [0.25, 0.3) is 0 Å². The third-order valence-electron chi connectivity index (χ3n) is 7.12. The number of fused-ring (bicyclic) bond motifs is 1. The highest BCUT2D eigenvalue weighted by Crippen LogP contribution is 2.35. The number of hydrogen-bond acceptors (Lipinski definition) is 7. The highest BCUT2D eigenvalue weighted by Gasteiger charge is 2.36. The highest BCUT2D eigenvalue weighted by molar-refractivity contribution is 7.84. The molecule has 1 aliphatic heterocycles. The number of rotatable bonds is 9. The molecule has 0 spiro atoms. The first-order valence-corrected chi connectivity index (χ1v) is 13.6. The Kier molecular flexibility index (Phi) is 8.07. The summed E-state index contributed by atoms with van der Waals surface area (Å²) in [5.41, 5.74) is -0.407. The number of alkyl halides is 3. The van der Waals surface area contributed by atoms with Gasteiger partial charge >= 0.3 is 6.18 Å². The third kappa shape index (κ3) is 6.56. The van der Waals surface area contributed by atoms with Crippen LogP contribution in [0, 0.1) is 11.8 Å². The molecule has 4 rings (SSSR count). The molecule has 2 aromatic rings. The zero-order valence-corrected chi connectivity index (χ0v) is 20.4.